The van der Waals surface area contributed by atoms with Crippen LogP contribution in [0, 0.1) is 5.92 Å². The zero-order valence-corrected chi connectivity index (χ0v) is 11.1. The topological polar surface area (TPSA) is 104 Å². The number of benzene rings is 1. The monoisotopic (exact) mass is 277 g/mol. The number of carbonyl (C=O) groups excluding carboxylic acids is 1. The molecule has 6 heteroatoms. The van der Waals surface area contributed by atoms with Crippen LogP contribution in [0.4, 0.5) is 16.2 Å². The largest absolute Gasteiger partial charge is 0.481 e. The van der Waals surface area contributed by atoms with Gasteiger partial charge in [0, 0.05) is 6.04 Å². The summed E-state index contributed by atoms with van der Waals surface area (Å²) in [5.74, 6) is -1.36. The van der Waals surface area contributed by atoms with Crippen LogP contribution < -0.4 is 16.4 Å². The zero-order valence-electron chi connectivity index (χ0n) is 11.1. The average Bonchev–Trinajstić information content (AvgIpc) is 2.41. The van der Waals surface area contributed by atoms with Crippen LogP contribution in [0.1, 0.15) is 25.7 Å². The summed E-state index contributed by atoms with van der Waals surface area (Å²) in [5.41, 5.74) is 6.74. The summed E-state index contributed by atoms with van der Waals surface area (Å²) in [6.07, 6.45) is 3.12. The van der Waals surface area contributed by atoms with Gasteiger partial charge in [0.2, 0.25) is 0 Å². The molecule has 20 heavy (non-hydrogen) atoms. The summed E-state index contributed by atoms with van der Waals surface area (Å²) in [6.45, 7) is 0. The van der Waals surface area contributed by atoms with Gasteiger partial charge in [0.15, 0.2) is 0 Å². The van der Waals surface area contributed by atoms with Crippen LogP contribution in [0.2, 0.25) is 0 Å². The van der Waals surface area contributed by atoms with Gasteiger partial charge in [-0.1, -0.05) is 25.0 Å². The molecule has 6 nitrogen and oxygen atoms in total. The van der Waals surface area contributed by atoms with E-state index in [-0.39, 0.29) is 6.04 Å². The minimum atomic E-state index is -0.853. The van der Waals surface area contributed by atoms with Crippen LogP contribution in [-0.4, -0.2) is 23.1 Å². The second kappa shape index (κ2) is 6.27. The van der Waals surface area contributed by atoms with E-state index in [1.165, 1.54) is 0 Å². The minimum absolute atomic E-state index is 0.328. The predicted octanol–water partition coefficient (Wildman–Crippen LogP) is 2.03. The van der Waals surface area contributed by atoms with Crippen molar-refractivity contribution in [3.8, 4) is 0 Å². The molecule has 0 aromatic heterocycles. The standard InChI is InChI=1S/C14H19N3O3/c15-10-6-2-4-8-12(10)17-14(20)16-11-7-3-1-5-9(11)13(18)19/h2,4,6,8-9,11H,1,3,5,7,15H2,(H,18,19)(H2,16,17,20). The number of nitrogens with two attached hydrogens (primary N) is 1. The van der Waals surface area contributed by atoms with Crippen molar-refractivity contribution >= 4 is 23.4 Å². The Labute approximate surface area is 117 Å². The van der Waals surface area contributed by atoms with Crippen molar-refractivity contribution in [1.29, 1.82) is 0 Å². The first kappa shape index (κ1) is 14.2. The Morgan fingerprint density at radius 3 is 2.60 bits per heavy atom. The van der Waals surface area contributed by atoms with Crippen LogP contribution >= 0.6 is 0 Å². The van der Waals surface area contributed by atoms with E-state index in [9.17, 15) is 9.59 Å². The van der Waals surface area contributed by atoms with Crippen LogP contribution in [0.5, 0.6) is 0 Å². The highest BCUT2D eigenvalue weighted by atomic mass is 16.4. The summed E-state index contributed by atoms with van der Waals surface area (Å²) in [5, 5.41) is 14.6. The number of nitrogen functional groups attached to an aromatic ring is 1. The highest BCUT2D eigenvalue weighted by Crippen LogP contribution is 2.25. The molecule has 1 fully saturated rings. The smallest absolute Gasteiger partial charge is 0.319 e. The maximum absolute atomic E-state index is 11.9. The number of carboxylic acid groups (broad SMARTS) is 1. The first-order valence-corrected chi connectivity index (χ1v) is 6.73. The molecule has 1 aromatic rings. The number of anilines is 2. The Morgan fingerprint density at radius 1 is 1.20 bits per heavy atom. The minimum Gasteiger partial charge on any atom is -0.481 e. The average molecular weight is 277 g/mol. The number of rotatable bonds is 3. The molecule has 1 aliphatic carbocycles. The third kappa shape index (κ3) is 3.40. The molecule has 0 radical (unpaired) electrons. The van der Waals surface area contributed by atoms with E-state index in [1.54, 1.807) is 24.3 Å². The lowest BCUT2D eigenvalue weighted by Gasteiger charge is -2.29. The summed E-state index contributed by atoms with van der Waals surface area (Å²) >= 11 is 0. The zero-order chi connectivity index (χ0) is 14.5. The first-order chi connectivity index (χ1) is 9.58. The van der Waals surface area contributed by atoms with Crippen LogP contribution in [-0.2, 0) is 4.79 Å². The van der Waals surface area contributed by atoms with E-state index in [0.717, 1.165) is 12.8 Å². The van der Waals surface area contributed by atoms with Gasteiger partial charge in [-0.2, -0.15) is 0 Å². The van der Waals surface area contributed by atoms with Gasteiger partial charge in [0.1, 0.15) is 0 Å². The molecular formula is C14H19N3O3. The summed E-state index contributed by atoms with van der Waals surface area (Å²) in [4.78, 5) is 23.1. The van der Waals surface area contributed by atoms with Gasteiger partial charge >= 0.3 is 12.0 Å². The van der Waals surface area contributed by atoms with E-state index in [1.807, 2.05) is 0 Å². The van der Waals surface area contributed by atoms with E-state index in [0.29, 0.717) is 24.2 Å². The fourth-order valence-corrected chi connectivity index (χ4v) is 2.54. The van der Waals surface area contributed by atoms with Crippen LogP contribution in [0.25, 0.3) is 0 Å². The van der Waals surface area contributed by atoms with Gasteiger partial charge in [0.25, 0.3) is 0 Å². The lowest BCUT2D eigenvalue weighted by molar-refractivity contribution is -0.143. The molecule has 0 aliphatic heterocycles. The molecule has 2 amide bonds. The number of para-hydroxylation sites is 2. The van der Waals surface area contributed by atoms with Gasteiger partial charge < -0.3 is 21.5 Å². The number of amides is 2. The molecular weight excluding hydrogens is 258 g/mol. The van der Waals surface area contributed by atoms with E-state index >= 15 is 0 Å². The molecule has 2 unspecified atom stereocenters. The van der Waals surface area contributed by atoms with Crippen LogP contribution in [0.3, 0.4) is 0 Å². The Hall–Kier alpha value is -2.24. The second-order valence-corrected chi connectivity index (χ2v) is 5.02. The van der Waals surface area contributed by atoms with Gasteiger partial charge in [-0.3, -0.25) is 4.79 Å². The fourth-order valence-electron chi connectivity index (χ4n) is 2.54. The van der Waals surface area contributed by atoms with Crippen LogP contribution in [0.15, 0.2) is 24.3 Å². The second-order valence-electron chi connectivity index (χ2n) is 5.02. The molecule has 1 aromatic carbocycles. The third-order valence-electron chi connectivity index (χ3n) is 3.61. The van der Waals surface area contributed by atoms with Gasteiger partial charge in [-0.15, -0.1) is 0 Å². The highest BCUT2D eigenvalue weighted by molar-refractivity contribution is 5.93. The molecule has 108 valence electrons. The third-order valence-corrected chi connectivity index (χ3v) is 3.61. The molecule has 2 rings (SSSR count). The van der Waals surface area contributed by atoms with Crippen molar-refractivity contribution < 1.29 is 14.7 Å². The van der Waals surface area contributed by atoms with Gasteiger partial charge in [-0.05, 0) is 25.0 Å². The predicted molar refractivity (Wildman–Crippen MR) is 76.4 cm³/mol. The number of nitrogens with one attached hydrogen (secondary N) is 2. The van der Waals surface area contributed by atoms with Crippen molar-refractivity contribution in [2.75, 3.05) is 11.1 Å². The molecule has 1 saturated carbocycles. The number of aliphatic carboxylic acids is 1. The SMILES string of the molecule is Nc1ccccc1NC(=O)NC1CCCCC1C(=O)O. The fraction of sp³-hybridized carbons (Fsp3) is 0.429. The van der Waals surface area contributed by atoms with Crippen molar-refractivity contribution in [3.63, 3.8) is 0 Å². The van der Waals surface area contributed by atoms with E-state index < -0.39 is 17.9 Å². The molecule has 5 N–H and O–H groups in total. The number of carbonyl (C=O) groups is 2. The molecule has 0 spiro atoms. The quantitative estimate of drug-likeness (QED) is 0.634. The maximum atomic E-state index is 11.9. The Balaban J connectivity index is 1.96. The number of urea groups is 1. The highest BCUT2D eigenvalue weighted by Gasteiger charge is 2.31. The van der Waals surface area contributed by atoms with Gasteiger partial charge in [0.05, 0.1) is 17.3 Å². The summed E-state index contributed by atoms with van der Waals surface area (Å²) < 4.78 is 0. The number of hydrogen-bond acceptors (Lipinski definition) is 3. The normalized spacial score (nSPS) is 22.0. The summed E-state index contributed by atoms with van der Waals surface area (Å²) in [7, 11) is 0. The molecule has 0 saturated heterocycles. The lowest BCUT2D eigenvalue weighted by Crippen LogP contribution is -2.46. The van der Waals surface area contributed by atoms with E-state index in [4.69, 9.17) is 10.8 Å². The maximum Gasteiger partial charge on any atom is 0.319 e. The Kier molecular flexibility index (Phi) is 4.45. The van der Waals surface area contributed by atoms with Gasteiger partial charge in [-0.25, -0.2) is 4.79 Å². The van der Waals surface area contributed by atoms with Crippen molar-refractivity contribution in [2.45, 2.75) is 31.7 Å². The molecule has 0 bridgehead atoms. The Bertz CT molecular complexity index is 504. The number of hydrogen-bond donors (Lipinski definition) is 4. The van der Waals surface area contributed by atoms with E-state index in [2.05, 4.69) is 10.6 Å². The van der Waals surface area contributed by atoms with Crippen molar-refractivity contribution in [3.05, 3.63) is 24.3 Å². The lowest BCUT2D eigenvalue weighted by atomic mass is 9.84. The first-order valence-electron chi connectivity index (χ1n) is 6.73. The molecule has 2 atom stereocenters. The van der Waals surface area contributed by atoms with Crippen molar-refractivity contribution in [2.24, 2.45) is 5.92 Å². The summed E-state index contributed by atoms with van der Waals surface area (Å²) in [6, 6.07) is 6.19. The Morgan fingerprint density at radius 2 is 1.90 bits per heavy atom. The molecule has 0 heterocycles. The number of carboxylic acids is 1. The van der Waals surface area contributed by atoms with Crippen molar-refractivity contribution in [1.82, 2.24) is 5.32 Å². The molecule has 1 aliphatic rings.